The predicted molar refractivity (Wildman–Crippen MR) is 110 cm³/mol. The van der Waals surface area contributed by atoms with Crippen molar-refractivity contribution in [3.05, 3.63) is 94.0 Å². The quantitative estimate of drug-likeness (QED) is 0.633. The number of hydrogen-bond donors (Lipinski definition) is 2. The van der Waals surface area contributed by atoms with Crippen LogP contribution in [0.4, 0.5) is 11.4 Å². The molecule has 27 heavy (non-hydrogen) atoms. The maximum Gasteiger partial charge on any atom is 0.255 e. The van der Waals surface area contributed by atoms with Gasteiger partial charge in [-0.05, 0) is 73.5 Å². The lowest BCUT2D eigenvalue weighted by Gasteiger charge is -2.10. The number of benzene rings is 3. The fraction of sp³-hybridized carbons (Fsp3) is 0.0909. The van der Waals surface area contributed by atoms with Crippen LogP contribution >= 0.6 is 11.6 Å². The summed E-state index contributed by atoms with van der Waals surface area (Å²) in [5, 5.41) is 6.33. The minimum atomic E-state index is -0.225. The predicted octanol–water partition coefficient (Wildman–Crippen LogP) is 5.46. The zero-order chi connectivity index (χ0) is 19.4. The number of aryl methyl sites for hydroxylation is 2. The highest BCUT2D eigenvalue weighted by Gasteiger charge is 2.11. The molecule has 0 aliphatic heterocycles. The van der Waals surface area contributed by atoms with Crippen molar-refractivity contribution in [2.24, 2.45) is 0 Å². The fourth-order valence-corrected chi connectivity index (χ4v) is 2.92. The van der Waals surface area contributed by atoms with Crippen LogP contribution in [-0.4, -0.2) is 11.8 Å². The first-order chi connectivity index (χ1) is 12.9. The molecule has 0 radical (unpaired) electrons. The second-order valence-corrected chi connectivity index (χ2v) is 6.70. The van der Waals surface area contributed by atoms with Gasteiger partial charge < -0.3 is 10.6 Å². The van der Waals surface area contributed by atoms with Gasteiger partial charge in [0.15, 0.2) is 0 Å². The standard InChI is InChI=1S/C22H19ClN2O2/c1-14-5-3-4-6-19(14)22(27)24-18-10-7-16(8-11-18)21(26)25-20-12-9-17(23)13-15(20)2/h3-13H,1-2H3,(H,24,27)(H,25,26). The van der Waals surface area contributed by atoms with Crippen molar-refractivity contribution < 1.29 is 9.59 Å². The molecule has 4 nitrogen and oxygen atoms in total. The van der Waals surface area contributed by atoms with Gasteiger partial charge in [0.2, 0.25) is 0 Å². The third kappa shape index (κ3) is 4.54. The average Bonchev–Trinajstić information content (AvgIpc) is 2.65. The number of carbonyl (C=O) groups is 2. The summed E-state index contributed by atoms with van der Waals surface area (Å²) < 4.78 is 0. The van der Waals surface area contributed by atoms with Gasteiger partial charge in [0.25, 0.3) is 11.8 Å². The molecule has 0 heterocycles. The number of amides is 2. The van der Waals surface area contributed by atoms with E-state index in [1.807, 2.05) is 32.0 Å². The van der Waals surface area contributed by atoms with Crippen molar-refractivity contribution in [1.29, 1.82) is 0 Å². The first-order valence-electron chi connectivity index (χ1n) is 8.48. The molecule has 0 bridgehead atoms. The van der Waals surface area contributed by atoms with E-state index in [2.05, 4.69) is 10.6 Å². The van der Waals surface area contributed by atoms with E-state index in [1.54, 1.807) is 48.5 Å². The van der Waals surface area contributed by atoms with E-state index >= 15 is 0 Å². The Hall–Kier alpha value is -3.11. The Morgan fingerprint density at radius 2 is 1.48 bits per heavy atom. The van der Waals surface area contributed by atoms with Crippen LogP contribution < -0.4 is 10.6 Å². The molecule has 5 heteroatoms. The SMILES string of the molecule is Cc1cc(Cl)ccc1NC(=O)c1ccc(NC(=O)c2ccccc2C)cc1. The molecule has 3 aromatic rings. The van der Waals surface area contributed by atoms with E-state index < -0.39 is 0 Å². The summed E-state index contributed by atoms with van der Waals surface area (Å²) in [4.78, 5) is 24.8. The van der Waals surface area contributed by atoms with Gasteiger partial charge in [0, 0.05) is 27.5 Å². The molecule has 0 aliphatic rings. The van der Waals surface area contributed by atoms with Crippen LogP contribution in [0.3, 0.4) is 0 Å². The minimum Gasteiger partial charge on any atom is -0.322 e. The van der Waals surface area contributed by atoms with Gasteiger partial charge in [-0.3, -0.25) is 9.59 Å². The number of anilines is 2. The average molecular weight is 379 g/mol. The molecule has 2 amide bonds. The van der Waals surface area contributed by atoms with Gasteiger partial charge in [-0.2, -0.15) is 0 Å². The van der Waals surface area contributed by atoms with Crippen molar-refractivity contribution in [3.8, 4) is 0 Å². The molecule has 0 saturated heterocycles. The van der Waals surface area contributed by atoms with Crippen LogP contribution in [0.1, 0.15) is 31.8 Å². The van der Waals surface area contributed by atoms with Crippen molar-refractivity contribution in [2.75, 3.05) is 10.6 Å². The summed E-state index contributed by atoms with van der Waals surface area (Å²) in [6.07, 6.45) is 0. The first-order valence-corrected chi connectivity index (χ1v) is 8.86. The molecule has 2 N–H and O–H groups in total. The maximum atomic E-state index is 12.4. The Morgan fingerprint density at radius 3 is 2.15 bits per heavy atom. The van der Waals surface area contributed by atoms with Crippen LogP contribution in [0.25, 0.3) is 0 Å². The molecule has 136 valence electrons. The van der Waals surface area contributed by atoms with Gasteiger partial charge >= 0.3 is 0 Å². The van der Waals surface area contributed by atoms with Crippen LogP contribution in [0.2, 0.25) is 5.02 Å². The van der Waals surface area contributed by atoms with Crippen molar-refractivity contribution in [1.82, 2.24) is 0 Å². The molecule has 0 atom stereocenters. The highest BCUT2D eigenvalue weighted by atomic mass is 35.5. The monoisotopic (exact) mass is 378 g/mol. The Labute approximate surface area is 163 Å². The second kappa shape index (κ2) is 8.06. The Bertz CT molecular complexity index is 997. The van der Waals surface area contributed by atoms with Gasteiger partial charge in [-0.25, -0.2) is 0 Å². The van der Waals surface area contributed by atoms with Gasteiger partial charge in [0.05, 0.1) is 0 Å². The zero-order valence-electron chi connectivity index (χ0n) is 15.0. The highest BCUT2D eigenvalue weighted by molar-refractivity contribution is 6.30. The third-order valence-corrected chi connectivity index (χ3v) is 4.47. The largest absolute Gasteiger partial charge is 0.322 e. The van der Waals surface area contributed by atoms with E-state index in [-0.39, 0.29) is 11.8 Å². The summed E-state index contributed by atoms with van der Waals surface area (Å²) in [5.74, 6) is -0.403. The summed E-state index contributed by atoms with van der Waals surface area (Å²) >= 11 is 5.94. The number of rotatable bonds is 4. The Morgan fingerprint density at radius 1 is 0.778 bits per heavy atom. The second-order valence-electron chi connectivity index (χ2n) is 6.26. The lowest BCUT2D eigenvalue weighted by atomic mass is 10.1. The molecular formula is C22H19ClN2O2. The number of halogens is 1. The van der Waals surface area contributed by atoms with E-state index in [9.17, 15) is 9.59 Å². The highest BCUT2D eigenvalue weighted by Crippen LogP contribution is 2.21. The van der Waals surface area contributed by atoms with E-state index in [1.165, 1.54) is 0 Å². The van der Waals surface area contributed by atoms with Crippen molar-refractivity contribution in [2.45, 2.75) is 13.8 Å². The molecule has 0 aromatic heterocycles. The molecule has 3 rings (SSSR count). The van der Waals surface area contributed by atoms with Crippen LogP contribution in [0.5, 0.6) is 0 Å². The van der Waals surface area contributed by atoms with E-state index in [0.29, 0.717) is 27.5 Å². The van der Waals surface area contributed by atoms with Gasteiger partial charge in [0.1, 0.15) is 0 Å². The molecule has 3 aromatic carbocycles. The molecule has 0 unspecified atom stereocenters. The normalized spacial score (nSPS) is 10.3. The van der Waals surface area contributed by atoms with E-state index in [4.69, 9.17) is 11.6 Å². The zero-order valence-corrected chi connectivity index (χ0v) is 15.8. The summed E-state index contributed by atoms with van der Waals surface area (Å²) in [6.45, 7) is 3.77. The van der Waals surface area contributed by atoms with Crippen molar-refractivity contribution in [3.63, 3.8) is 0 Å². The van der Waals surface area contributed by atoms with Crippen LogP contribution in [0, 0.1) is 13.8 Å². The summed E-state index contributed by atoms with van der Waals surface area (Å²) in [6, 6.07) is 19.4. The molecule has 0 fully saturated rings. The van der Waals surface area contributed by atoms with E-state index in [0.717, 1.165) is 11.1 Å². The number of hydrogen-bond acceptors (Lipinski definition) is 2. The fourth-order valence-electron chi connectivity index (χ4n) is 2.69. The lowest BCUT2D eigenvalue weighted by molar-refractivity contribution is 0.101. The van der Waals surface area contributed by atoms with Gasteiger partial charge in [-0.15, -0.1) is 0 Å². The van der Waals surface area contributed by atoms with Gasteiger partial charge in [-0.1, -0.05) is 29.8 Å². The number of carbonyl (C=O) groups excluding carboxylic acids is 2. The topological polar surface area (TPSA) is 58.2 Å². The molecule has 0 spiro atoms. The Kier molecular flexibility index (Phi) is 5.57. The smallest absolute Gasteiger partial charge is 0.255 e. The van der Waals surface area contributed by atoms with Crippen LogP contribution in [0.15, 0.2) is 66.7 Å². The molecular weight excluding hydrogens is 360 g/mol. The summed E-state index contributed by atoms with van der Waals surface area (Å²) in [7, 11) is 0. The van der Waals surface area contributed by atoms with Crippen LogP contribution in [-0.2, 0) is 0 Å². The number of nitrogens with one attached hydrogen (secondary N) is 2. The maximum absolute atomic E-state index is 12.4. The molecule has 0 saturated carbocycles. The van der Waals surface area contributed by atoms with Crippen molar-refractivity contribution >= 4 is 34.8 Å². The minimum absolute atomic E-state index is 0.179. The molecule has 0 aliphatic carbocycles. The Balaban J connectivity index is 1.68. The lowest BCUT2D eigenvalue weighted by Crippen LogP contribution is -2.14. The third-order valence-electron chi connectivity index (χ3n) is 4.23. The first kappa shape index (κ1) is 18.7. The summed E-state index contributed by atoms with van der Waals surface area (Å²) in [5.41, 5.74) is 4.25.